The Morgan fingerprint density at radius 3 is 3.15 bits per heavy atom. The third-order valence-electron chi connectivity index (χ3n) is 1.80. The molecule has 4 heteroatoms. The summed E-state index contributed by atoms with van der Waals surface area (Å²) in [6, 6.07) is 5.90. The minimum Gasteiger partial charge on any atom is -0.325 e. The van der Waals surface area contributed by atoms with Crippen molar-refractivity contribution in [1.82, 2.24) is 0 Å². The van der Waals surface area contributed by atoms with E-state index in [1.54, 1.807) is 11.8 Å². The van der Waals surface area contributed by atoms with Gasteiger partial charge in [0.15, 0.2) is 0 Å². The number of anilines is 1. The summed E-state index contributed by atoms with van der Waals surface area (Å²) in [6.45, 7) is 0. The molecule has 1 aromatic carbocycles. The molecule has 0 aromatic heterocycles. The lowest BCUT2D eigenvalue weighted by Gasteiger charge is -2.05. The molecule has 0 saturated carbocycles. The van der Waals surface area contributed by atoms with Crippen LogP contribution in [0.4, 0.5) is 5.69 Å². The number of thioether (sulfide) groups is 1. The highest BCUT2D eigenvalue weighted by Gasteiger charge is 2.12. The Morgan fingerprint density at radius 1 is 1.46 bits per heavy atom. The van der Waals surface area contributed by atoms with Crippen LogP contribution in [-0.2, 0) is 4.79 Å². The first-order valence-electron chi connectivity index (χ1n) is 3.98. The Bertz CT molecular complexity index is 353. The van der Waals surface area contributed by atoms with Crippen molar-refractivity contribution >= 4 is 39.3 Å². The van der Waals surface area contributed by atoms with Crippen molar-refractivity contribution < 1.29 is 4.79 Å². The molecular formula is C9H8BrNOS. The molecule has 13 heavy (non-hydrogen) atoms. The van der Waals surface area contributed by atoms with Gasteiger partial charge in [0, 0.05) is 21.5 Å². The van der Waals surface area contributed by atoms with Gasteiger partial charge in [-0.15, -0.1) is 11.8 Å². The van der Waals surface area contributed by atoms with Crippen molar-refractivity contribution in [3.05, 3.63) is 22.7 Å². The minimum absolute atomic E-state index is 0.105. The highest BCUT2D eigenvalue weighted by molar-refractivity contribution is 9.10. The maximum absolute atomic E-state index is 11.2. The van der Waals surface area contributed by atoms with Crippen molar-refractivity contribution in [1.29, 1.82) is 0 Å². The molecule has 0 aliphatic carbocycles. The predicted octanol–water partition coefficient (Wildman–Crippen LogP) is 2.88. The summed E-state index contributed by atoms with van der Waals surface area (Å²) < 4.78 is 1.05. The third-order valence-corrected chi connectivity index (χ3v) is 3.35. The number of rotatable bonds is 0. The summed E-state index contributed by atoms with van der Waals surface area (Å²) in [4.78, 5) is 12.3. The van der Waals surface area contributed by atoms with Gasteiger partial charge in [0.2, 0.25) is 5.91 Å². The van der Waals surface area contributed by atoms with Gasteiger partial charge in [-0.3, -0.25) is 4.79 Å². The third kappa shape index (κ3) is 2.06. The fourth-order valence-electron chi connectivity index (χ4n) is 1.19. The first kappa shape index (κ1) is 9.09. The molecule has 1 aromatic rings. The van der Waals surface area contributed by atoms with Crippen molar-refractivity contribution in [2.45, 2.75) is 11.3 Å². The summed E-state index contributed by atoms with van der Waals surface area (Å²) in [5.41, 5.74) is 0.927. The number of carbonyl (C=O) groups is 1. The normalized spacial score (nSPS) is 15.9. The van der Waals surface area contributed by atoms with E-state index < -0.39 is 0 Å². The summed E-state index contributed by atoms with van der Waals surface area (Å²) in [5, 5.41) is 2.87. The van der Waals surface area contributed by atoms with Crippen molar-refractivity contribution in [2.75, 3.05) is 11.1 Å². The molecule has 1 N–H and O–H groups in total. The number of hydrogen-bond acceptors (Lipinski definition) is 2. The average molecular weight is 258 g/mol. The molecule has 0 radical (unpaired) electrons. The first-order valence-corrected chi connectivity index (χ1v) is 5.76. The molecule has 0 atom stereocenters. The van der Waals surface area contributed by atoms with E-state index >= 15 is 0 Å². The van der Waals surface area contributed by atoms with Gasteiger partial charge in [0.05, 0.1) is 5.69 Å². The first-order chi connectivity index (χ1) is 6.25. The number of carbonyl (C=O) groups excluding carboxylic acids is 1. The Morgan fingerprint density at radius 2 is 2.31 bits per heavy atom. The zero-order chi connectivity index (χ0) is 9.26. The summed E-state index contributed by atoms with van der Waals surface area (Å²) >= 11 is 5.12. The molecule has 1 amide bonds. The predicted molar refractivity (Wildman–Crippen MR) is 58.1 cm³/mol. The van der Waals surface area contributed by atoms with Crippen LogP contribution in [-0.4, -0.2) is 11.7 Å². The molecule has 0 bridgehead atoms. The van der Waals surface area contributed by atoms with Crippen LogP contribution in [0.2, 0.25) is 0 Å². The van der Waals surface area contributed by atoms with Crippen LogP contribution in [0.15, 0.2) is 27.6 Å². The fourth-order valence-corrected chi connectivity index (χ4v) is 2.69. The number of nitrogens with one attached hydrogen (secondary N) is 1. The Hall–Kier alpha value is -0.480. The maximum atomic E-state index is 11.2. The topological polar surface area (TPSA) is 29.1 Å². The lowest BCUT2D eigenvalue weighted by molar-refractivity contribution is -0.115. The molecule has 0 unspecified atom stereocenters. The molecule has 68 valence electrons. The lowest BCUT2D eigenvalue weighted by atomic mass is 10.3. The zero-order valence-corrected chi connectivity index (χ0v) is 9.24. The quantitative estimate of drug-likeness (QED) is 0.775. The highest BCUT2D eigenvalue weighted by Crippen LogP contribution is 2.32. The van der Waals surface area contributed by atoms with Gasteiger partial charge < -0.3 is 5.32 Å². The smallest absolute Gasteiger partial charge is 0.225 e. The number of fused-ring (bicyclic) bond motifs is 1. The molecule has 1 heterocycles. The van der Waals surface area contributed by atoms with E-state index in [1.165, 1.54) is 0 Å². The number of amides is 1. The maximum Gasteiger partial charge on any atom is 0.225 e. The van der Waals surface area contributed by atoms with Crippen LogP contribution < -0.4 is 5.32 Å². The molecule has 0 fully saturated rings. The van der Waals surface area contributed by atoms with Crippen molar-refractivity contribution in [3.8, 4) is 0 Å². The Balaban J connectivity index is 2.40. The van der Waals surface area contributed by atoms with Crippen LogP contribution in [0, 0.1) is 0 Å². The molecule has 2 rings (SSSR count). The molecule has 1 aliphatic rings. The van der Waals surface area contributed by atoms with Crippen molar-refractivity contribution in [3.63, 3.8) is 0 Å². The van der Waals surface area contributed by atoms with E-state index in [1.807, 2.05) is 18.2 Å². The standard InChI is InChI=1S/C9H8BrNOS/c10-6-1-2-7-8(5-6)13-4-3-9(12)11-7/h1-2,5H,3-4H2,(H,11,12). The van der Waals surface area contributed by atoms with Gasteiger partial charge in [-0.25, -0.2) is 0 Å². The second kappa shape index (κ2) is 3.72. The van der Waals surface area contributed by atoms with Gasteiger partial charge in [0.25, 0.3) is 0 Å². The summed E-state index contributed by atoms with van der Waals surface area (Å²) in [7, 11) is 0. The molecule has 0 spiro atoms. The Kier molecular flexibility index (Phi) is 2.60. The number of benzene rings is 1. The fraction of sp³-hybridized carbons (Fsp3) is 0.222. The van der Waals surface area contributed by atoms with Gasteiger partial charge in [-0.2, -0.15) is 0 Å². The zero-order valence-electron chi connectivity index (χ0n) is 6.84. The average Bonchev–Trinajstić information content (AvgIpc) is 2.25. The highest BCUT2D eigenvalue weighted by atomic mass is 79.9. The van der Waals surface area contributed by atoms with Gasteiger partial charge >= 0.3 is 0 Å². The Labute approximate surface area is 89.2 Å². The molecular weight excluding hydrogens is 250 g/mol. The number of halogens is 1. The minimum atomic E-state index is 0.105. The molecule has 0 saturated heterocycles. The largest absolute Gasteiger partial charge is 0.325 e. The molecule has 2 nitrogen and oxygen atoms in total. The van der Waals surface area contributed by atoms with Crippen LogP contribution >= 0.6 is 27.7 Å². The van der Waals surface area contributed by atoms with E-state index in [9.17, 15) is 4.79 Å². The van der Waals surface area contributed by atoms with Gasteiger partial charge in [0.1, 0.15) is 0 Å². The van der Waals surface area contributed by atoms with Crippen LogP contribution in [0.3, 0.4) is 0 Å². The number of hydrogen-bond donors (Lipinski definition) is 1. The van der Waals surface area contributed by atoms with Gasteiger partial charge in [-0.05, 0) is 18.2 Å². The SMILES string of the molecule is O=C1CCSc2cc(Br)ccc2N1. The van der Waals surface area contributed by atoms with Gasteiger partial charge in [-0.1, -0.05) is 15.9 Å². The van der Waals surface area contributed by atoms with Crippen LogP contribution in [0.1, 0.15) is 6.42 Å². The summed E-state index contributed by atoms with van der Waals surface area (Å²) in [5.74, 6) is 0.962. The second-order valence-electron chi connectivity index (χ2n) is 2.79. The van der Waals surface area contributed by atoms with E-state index in [0.29, 0.717) is 6.42 Å². The van der Waals surface area contributed by atoms with E-state index in [-0.39, 0.29) is 5.91 Å². The molecule has 1 aliphatic heterocycles. The summed E-state index contributed by atoms with van der Waals surface area (Å²) in [6.07, 6.45) is 0.594. The van der Waals surface area contributed by atoms with Crippen LogP contribution in [0.25, 0.3) is 0 Å². The van der Waals surface area contributed by atoms with E-state index in [4.69, 9.17) is 0 Å². The van der Waals surface area contributed by atoms with Crippen molar-refractivity contribution in [2.24, 2.45) is 0 Å². The van der Waals surface area contributed by atoms with Crippen LogP contribution in [0.5, 0.6) is 0 Å². The second-order valence-corrected chi connectivity index (χ2v) is 4.84. The monoisotopic (exact) mass is 257 g/mol. The van der Waals surface area contributed by atoms with E-state index in [0.717, 1.165) is 20.8 Å². The lowest BCUT2D eigenvalue weighted by Crippen LogP contribution is -2.09. The van der Waals surface area contributed by atoms with E-state index in [2.05, 4.69) is 21.2 Å².